The predicted octanol–water partition coefficient (Wildman–Crippen LogP) is 3.44. The van der Waals surface area contributed by atoms with Gasteiger partial charge < -0.3 is 10.1 Å². The molecular formula is C14H12BrClN2O2. The molecule has 4 nitrogen and oxygen atoms in total. The van der Waals surface area contributed by atoms with Gasteiger partial charge in [0.2, 0.25) is 5.88 Å². The largest absolute Gasteiger partial charge is 0.481 e. The van der Waals surface area contributed by atoms with E-state index in [0.29, 0.717) is 23.0 Å². The molecule has 1 N–H and O–H groups in total. The maximum absolute atomic E-state index is 12.1. The lowest BCUT2D eigenvalue weighted by atomic mass is 10.2. The molecule has 0 saturated heterocycles. The first-order valence-electron chi connectivity index (χ1n) is 5.82. The van der Waals surface area contributed by atoms with Crippen molar-refractivity contribution in [2.45, 2.75) is 6.54 Å². The van der Waals surface area contributed by atoms with Crippen LogP contribution in [0.5, 0.6) is 5.88 Å². The van der Waals surface area contributed by atoms with E-state index < -0.39 is 0 Å². The minimum absolute atomic E-state index is 0.209. The summed E-state index contributed by atoms with van der Waals surface area (Å²) in [5.74, 6) is 0.291. The lowest BCUT2D eigenvalue weighted by Gasteiger charge is -2.09. The number of nitrogens with one attached hydrogen (secondary N) is 1. The summed E-state index contributed by atoms with van der Waals surface area (Å²) in [5.41, 5.74) is 1.30. The normalized spacial score (nSPS) is 10.2. The van der Waals surface area contributed by atoms with Gasteiger partial charge in [-0.2, -0.15) is 0 Å². The number of aromatic nitrogens is 1. The van der Waals surface area contributed by atoms with Crippen LogP contribution in [-0.2, 0) is 6.54 Å². The second-order valence-electron chi connectivity index (χ2n) is 4.01. The molecule has 0 spiro atoms. The first kappa shape index (κ1) is 14.8. The van der Waals surface area contributed by atoms with Gasteiger partial charge in [-0.15, -0.1) is 0 Å². The Bertz CT molecular complexity index is 614. The van der Waals surface area contributed by atoms with Crippen LogP contribution < -0.4 is 10.1 Å². The highest BCUT2D eigenvalue weighted by atomic mass is 79.9. The lowest BCUT2D eigenvalue weighted by Crippen LogP contribution is -2.23. The second-order valence-corrected chi connectivity index (χ2v) is 5.36. The zero-order chi connectivity index (χ0) is 14.5. The molecule has 6 heteroatoms. The molecule has 0 aliphatic rings. The van der Waals surface area contributed by atoms with Gasteiger partial charge in [0.1, 0.15) is 0 Å². The Balaban J connectivity index is 2.08. The van der Waals surface area contributed by atoms with E-state index in [1.807, 2.05) is 6.07 Å². The van der Waals surface area contributed by atoms with Crippen LogP contribution in [0.4, 0.5) is 0 Å². The smallest absolute Gasteiger partial charge is 0.251 e. The highest BCUT2D eigenvalue weighted by molar-refractivity contribution is 9.10. The number of halogens is 2. The summed E-state index contributed by atoms with van der Waals surface area (Å²) in [6.45, 7) is 0.333. The van der Waals surface area contributed by atoms with E-state index in [-0.39, 0.29) is 5.91 Å². The van der Waals surface area contributed by atoms with Crippen molar-refractivity contribution in [2.24, 2.45) is 0 Å². The third kappa shape index (κ3) is 3.71. The van der Waals surface area contributed by atoms with E-state index in [0.717, 1.165) is 10.0 Å². The predicted molar refractivity (Wildman–Crippen MR) is 81.1 cm³/mol. The van der Waals surface area contributed by atoms with Crippen molar-refractivity contribution in [3.63, 3.8) is 0 Å². The van der Waals surface area contributed by atoms with Crippen molar-refractivity contribution in [3.05, 3.63) is 57.2 Å². The highest BCUT2D eigenvalue weighted by Crippen LogP contribution is 2.20. The van der Waals surface area contributed by atoms with Crippen LogP contribution in [0.3, 0.4) is 0 Å². The Morgan fingerprint density at radius 3 is 2.95 bits per heavy atom. The molecule has 1 heterocycles. The number of rotatable bonds is 4. The highest BCUT2D eigenvalue weighted by Gasteiger charge is 2.09. The number of nitrogens with zero attached hydrogens (tertiary/aromatic N) is 1. The average Bonchev–Trinajstić information content (AvgIpc) is 2.44. The van der Waals surface area contributed by atoms with Gasteiger partial charge in [-0.3, -0.25) is 4.79 Å². The van der Waals surface area contributed by atoms with Crippen molar-refractivity contribution in [1.82, 2.24) is 10.3 Å². The van der Waals surface area contributed by atoms with E-state index in [1.165, 1.54) is 0 Å². The fraction of sp³-hybridized carbons (Fsp3) is 0.143. The fourth-order valence-electron chi connectivity index (χ4n) is 1.70. The van der Waals surface area contributed by atoms with Crippen molar-refractivity contribution in [3.8, 4) is 5.88 Å². The van der Waals surface area contributed by atoms with E-state index >= 15 is 0 Å². The summed E-state index contributed by atoms with van der Waals surface area (Å²) in [5, 5.41) is 3.31. The Morgan fingerprint density at radius 2 is 2.25 bits per heavy atom. The molecule has 0 radical (unpaired) electrons. The Morgan fingerprint density at radius 1 is 1.45 bits per heavy atom. The van der Waals surface area contributed by atoms with Crippen LogP contribution in [0, 0.1) is 0 Å². The summed E-state index contributed by atoms with van der Waals surface area (Å²) in [7, 11) is 1.54. The molecule has 0 saturated carbocycles. The number of hydrogen-bond donors (Lipinski definition) is 1. The van der Waals surface area contributed by atoms with E-state index in [2.05, 4.69) is 26.2 Å². The number of methoxy groups -OCH3 is 1. The minimum Gasteiger partial charge on any atom is -0.481 e. The first-order chi connectivity index (χ1) is 9.60. The van der Waals surface area contributed by atoms with Crippen LogP contribution in [0.25, 0.3) is 0 Å². The molecule has 0 aliphatic heterocycles. The molecule has 0 bridgehead atoms. The van der Waals surface area contributed by atoms with Crippen LogP contribution in [-0.4, -0.2) is 18.0 Å². The Hall–Kier alpha value is -1.59. The molecule has 2 aromatic rings. The van der Waals surface area contributed by atoms with E-state index in [1.54, 1.807) is 37.6 Å². The molecule has 0 unspecified atom stereocenters. The van der Waals surface area contributed by atoms with Crippen LogP contribution in [0.1, 0.15) is 15.9 Å². The molecule has 2 rings (SSSR count). The third-order valence-corrected chi connectivity index (χ3v) is 3.28. The molecule has 1 aromatic heterocycles. The Kier molecular flexibility index (Phi) is 4.98. The zero-order valence-corrected chi connectivity index (χ0v) is 13.0. The van der Waals surface area contributed by atoms with Gasteiger partial charge >= 0.3 is 0 Å². The number of amides is 1. The van der Waals surface area contributed by atoms with Crippen molar-refractivity contribution in [2.75, 3.05) is 7.11 Å². The first-order valence-corrected chi connectivity index (χ1v) is 6.99. The summed E-state index contributed by atoms with van der Waals surface area (Å²) < 4.78 is 5.89. The van der Waals surface area contributed by atoms with Gasteiger partial charge in [-0.05, 0) is 24.3 Å². The molecule has 1 aromatic carbocycles. The maximum atomic E-state index is 12.1. The van der Waals surface area contributed by atoms with Crippen LogP contribution >= 0.6 is 27.5 Å². The van der Waals surface area contributed by atoms with Crippen LogP contribution in [0.2, 0.25) is 5.02 Å². The standard InChI is InChI=1S/C14H12BrClN2O2/c1-20-14-9(3-2-4-17-14)8-18-13(19)10-5-11(15)7-12(16)6-10/h2-7H,8H2,1H3,(H,18,19). The molecule has 1 amide bonds. The van der Waals surface area contributed by atoms with Crippen molar-refractivity contribution in [1.29, 1.82) is 0 Å². The van der Waals surface area contributed by atoms with Crippen molar-refractivity contribution >= 4 is 33.4 Å². The second kappa shape index (κ2) is 6.72. The van der Waals surface area contributed by atoms with Gasteiger partial charge in [-0.1, -0.05) is 33.6 Å². The SMILES string of the molecule is COc1ncccc1CNC(=O)c1cc(Cl)cc(Br)c1. The van der Waals surface area contributed by atoms with Gasteiger partial charge in [0.15, 0.2) is 0 Å². The molecule has 0 fully saturated rings. The van der Waals surface area contributed by atoms with Crippen molar-refractivity contribution < 1.29 is 9.53 Å². The summed E-state index contributed by atoms with van der Waals surface area (Å²) in [4.78, 5) is 16.1. The monoisotopic (exact) mass is 354 g/mol. The number of pyridine rings is 1. The summed E-state index contributed by atoms with van der Waals surface area (Å²) in [6.07, 6.45) is 1.64. The minimum atomic E-state index is -0.209. The number of benzene rings is 1. The van der Waals surface area contributed by atoms with Gasteiger partial charge in [0.25, 0.3) is 5.91 Å². The van der Waals surface area contributed by atoms with Gasteiger partial charge in [0.05, 0.1) is 7.11 Å². The van der Waals surface area contributed by atoms with Crippen LogP contribution in [0.15, 0.2) is 41.0 Å². The van der Waals surface area contributed by atoms with E-state index in [4.69, 9.17) is 16.3 Å². The quantitative estimate of drug-likeness (QED) is 0.914. The molecule has 0 aliphatic carbocycles. The van der Waals surface area contributed by atoms with Gasteiger partial charge in [-0.25, -0.2) is 4.98 Å². The molecular weight excluding hydrogens is 344 g/mol. The van der Waals surface area contributed by atoms with E-state index in [9.17, 15) is 4.79 Å². The Labute approximate surface area is 130 Å². The topological polar surface area (TPSA) is 51.2 Å². The van der Waals surface area contributed by atoms with Gasteiger partial charge in [0, 0.05) is 33.4 Å². The molecule has 0 atom stereocenters. The lowest BCUT2D eigenvalue weighted by molar-refractivity contribution is 0.0950. The summed E-state index contributed by atoms with van der Waals surface area (Å²) in [6, 6.07) is 8.69. The third-order valence-electron chi connectivity index (χ3n) is 2.61. The maximum Gasteiger partial charge on any atom is 0.251 e. The number of carbonyl (C=O) groups is 1. The molecule has 104 valence electrons. The summed E-state index contributed by atoms with van der Waals surface area (Å²) >= 11 is 9.22. The number of ether oxygens (including phenoxy) is 1. The average molecular weight is 356 g/mol. The molecule has 20 heavy (non-hydrogen) atoms. The fourth-order valence-corrected chi connectivity index (χ4v) is 2.57. The number of carbonyl (C=O) groups excluding carboxylic acids is 1. The number of hydrogen-bond acceptors (Lipinski definition) is 3. The zero-order valence-electron chi connectivity index (χ0n) is 10.7.